The molecule has 0 saturated heterocycles. The number of benzene rings is 1. The van der Waals surface area contributed by atoms with Crippen molar-refractivity contribution in [3.63, 3.8) is 0 Å². The SMILES string of the molecule is CC(=O)N(C)c1cccc(NC(=O)N(C)C(C)c2ccco2)c1. The van der Waals surface area contributed by atoms with Crippen molar-refractivity contribution in [1.82, 2.24) is 4.90 Å². The van der Waals surface area contributed by atoms with Gasteiger partial charge < -0.3 is 19.5 Å². The number of nitrogens with one attached hydrogen (secondary N) is 1. The molecule has 122 valence electrons. The molecule has 1 heterocycles. The fourth-order valence-electron chi connectivity index (χ4n) is 2.08. The van der Waals surface area contributed by atoms with E-state index in [9.17, 15) is 9.59 Å². The number of carbonyl (C=O) groups excluding carboxylic acids is 2. The van der Waals surface area contributed by atoms with Gasteiger partial charge in [0.25, 0.3) is 0 Å². The van der Waals surface area contributed by atoms with E-state index in [-0.39, 0.29) is 18.0 Å². The smallest absolute Gasteiger partial charge is 0.322 e. The van der Waals surface area contributed by atoms with Crippen LogP contribution in [0.25, 0.3) is 0 Å². The zero-order valence-corrected chi connectivity index (χ0v) is 13.7. The summed E-state index contributed by atoms with van der Waals surface area (Å²) in [6, 6.07) is 10.3. The molecule has 2 rings (SSSR count). The lowest BCUT2D eigenvalue weighted by atomic mass is 10.2. The molecule has 0 aliphatic rings. The molecule has 1 N–H and O–H groups in total. The lowest BCUT2D eigenvalue weighted by Gasteiger charge is -2.24. The van der Waals surface area contributed by atoms with Gasteiger partial charge in [-0.1, -0.05) is 6.07 Å². The Balaban J connectivity index is 2.08. The van der Waals surface area contributed by atoms with E-state index in [1.165, 1.54) is 11.8 Å². The molecule has 0 bridgehead atoms. The highest BCUT2D eigenvalue weighted by Crippen LogP contribution is 2.22. The van der Waals surface area contributed by atoms with E-state index in [1.807, 2.05) is 19.1 Å². The first-order valence-electron chi connectivity index (χ1n) is 7.31. The Morgan fingerprint density at radius 2 is 1.91 bits per heavy atom. The highest BCUT2D eigenvalue weighted by atomic mass is 16.3. The number of hydrogen-bond acceptors (Lipinski definition) is 3. The number of hydrogen-bond donors (Lipinski definition) is 1. The minimum atomic E-state index is -0.253. The van der Waals surface area contributed by atoms with E-state index in [1.54, 1.807) is 49.5 Å². The summed E-state index contributed by atoms with van der Waals surface area (Å²) in [4.78, 5) is 26.9. The molecule has 0 fully saturated rings. The third-order valence-corrected chi connectivity index (χ3v) is 3.81. The number of furan rings is 1. The average Bonchev–Trinajstić information content (AvgIpc) is 3.07. The first-order valence-corrected chi connectivity index (χ1v) is 7.31. The van der Waals surface area contributed by atoms with Gasteiger partial charge >= 0.3 is 6.03 Å². The van der Waals surface area contributed by atoms with E-state index in [2.05, 4.69) is 5.32 Å². The van der Waals surface area contributed by atoms with Crippen LogP contribution in [-0.2, 0) is 4.79 Å². The summed E-state index contributed by atoms with van der Waals surface area (Å²) >= 11 is 0. The molecule has 23 heavy (non-hydrogen) atoms. The van der Waals surface area contributed by atoms with Crippen molar-refractivity contribution in [2.75, 3.05) is 24.3 Å². The second-order valence-corrected chi connectivity index (χ2v) is 5.36. The van der Waals surface area contributed by atoms with Crippen molar-refractivity contribution >= 4 is 23.3 Å². The van der Waals surface area contributed by atoms with Crippen LogP contribution in [0.1, 0.15) is 25.6 Å². The topological polar surface area (TPSA) is 65.8 Å². The van der Waals surface area contributed by atoms with Crippen LogP contribution >= 0.6 is 0 Å². The monoisotopic (exact) mass is 315 g/mol. The normalized spacial score (nSPS) is 11.7. The van der Waals surface area contributed by atoms with Crippen LogP contribution in [0, 0.1) is 0 Å². The molecular weight excluding hydrogens is 294 g/mol. The van der Waals surface area contributed by atoms with E-state index in [0.717, 1.165) is 5.69 Å². The van der Waals surface area contributed by atoms with Gasteiger partial charge in [-0.3, -0.25) is 4.79 Å². The van der Waals surface area contributed by atoms with Crippen LogP contribution in [-0.4, -0.2) is 30.9 Å². The Labute approximate surface area is 135 Å². The van der Waals surface area contributed by atoms with Gasteiger partial charge in [0.15, 0.2) is 0 Å². The van der Waals surface area contributed by atoms with Crippen molar-refractivity contribution in [3.05, 3.63) is 48.4 Å². The van der Waals surface area contributed by atoms with Gasteiger partial charge in [-0.2, -0.15) is 0 Å². The van der Waals surface area contributed by atoms with Crippen molar-refractivity contribution < 1.29 is 14.0 Å². The number of carbonyl (C=O) groups is 2. The first kappa shape index (κ1) is 16.6. The third kappa shape index (κ3) is 3.91. The molecule has 1 unspecified atom stereocenters. The zero-order valence-electron chi connectivity index (χ0n) is 13.7. The van der Waals surface area contributed by atoms with Gasteiger partial charge in [-0.25, -0.2) is 4.79 Å². The van der Waals surface area contributed by atoms with Gasteiger partial charge in [0.1, 0.15) is 5.76 Å². The van der Waals surface area contributed by atoms with Crippen molar-refractivity contribution in [2.45, 2.75) is 19.9 Å². The molecule has 0 saturated carbocycles. The van der Waals surface area contributed by atoms with Crippen LogP contribution in [0.3, 0.4) is 0 Å². The van der Waals surface area contributed by atoms with Crippen LogP contribution in [0.4, 0.5) is 16.2 Å². The van der Waals surface area contributed by atoms with Gasteiger partial charge in [0.2, 0.25) is 5.91 Å². The Kier molecular flexibility index (Phi) is 5.05. The Hall–Kier alpha value is -2.76. The van der Waals surface area contributed by atoms with Crippen LogP contribution in [0.5, 0.6) is 0 Å². The van der Waals surface area contributed by atoms with Crippen LogP contribution in [0.2, 0.25) is 0 Å². The first-order chi connectivity index (χ1) is 10.9. The molecule has 0 radical (unpaired) electrons. The second-order valence-electron chi connectivity index (χ2n) is 5.36. The quantitative estimate of drug-likeness (QED) is 0.939. The Morgan fingerprint density at radius 1 is 1.17 bits per heavy atom. The summed E-state index contributed by atoms with van der Waals surface area (Å²) < 4.78 is 5.33. The fourth-order valence-corrected chi connectivity index (χ4v) is 2.08. The van der Waals surface area contributed by atoms with E-state index in [4.69, 9.17) is 4.42 Å². The fraction of sp³-hybridized carbons (Fsp3) is 0.294. The maximum Gasteiger partial charge on any atom is 0.322 e. The van der Waals surface area contributed by atoms with E-state index in [0.29, 0.717) is 11.4 Å². The minimum absolute atomic E-state index is 0.0722. The van der Waals surface area contributed by atoms with Gasteiger partial charge in [0.05, 0.1) is 12.3 Å². The average molecular weight is 315 g/mol. The largest absolute Gasteiger partial charge is 0.467 e. The molecular formula is C17H21N3O3. The van der Waals surface area contributed by atoms with Crippen LogP contribution in [0.15, 0.2) is 47.1 Å². The Bertz CT molecular complexity index is 682. The van der Waals surface area contributed by atoms with Gasteiger partial charge in [-0.05, 0) is 37.3 Å². The maximum absolute atomic E-state index is 12.4. The number of anilines is 2. The maximum atomic E-state index is 12.4. The number of nitrogens with zero attached hydrogens (tertiary/aromatic N) is 2. The molecule has 1 aromatic carbocycles. The summed E-state index contributed by atoms with van der Waals surface area (Å²) in [5.41, 5.74) is 1.34. The molecule has 0 spiro atoms. The zero-order chi connectivity index (χ0) is 17.0. The van der Waals surface area contributed by atoms with Crippen molar-refractivity contribution in [1.29, 1.82) is 0 Å². The molecule has 6 heteroatoms. The summed E-state index contributed by atoms with van der Waals surface area (Å²) in [6.07, 6.45) is 1.58. The molecule has 0 aliphatic carbocycles. The minimum Gasteiger partial charge on any atom is -0.467 e. The summed E-state index contributed by atoms with van der Waals surface area (Å²) in [7, 11) is 3.39. The predicted molar refractivity (Wildman–Crippen MR) is 89.4 cm³/mol. The second kappa shape index (κ2) is 7.00. The molecule has 0 aliphatic heterocycles. The van der Waals surface area contributed by atoms with E-state index >= 15 is 0 Å². The molecule has 1 aromatic heterocycles. The molecule has 2 aromatic rings. The van der Waals surface area contributed by atoms with Gasteiger partial charge in [-0.15, -0.1) is 0 Å². The van der Waals surface area contributed by atoms with Gasteiger partial charge in [0, 0.05) is 32.4 Å². The lowest BCUT2D eigenvalue weighted by molar-refractivity contribution is -0.116. The van der Waals surface area contributed by atoms with Crippen molar-refractivity contribution in [3.8, 4) is 0 Å². The summed E-state index contributed by atoms with van der Waals surface area (Å²) in [5, 5.41) is 2.83. The number of rotatable bonds is 4. The summed E-state index contributed by atoms with van der Waals surface area (Å²) in [6.45, 7) is 3.38. The molecule has 6 nitrogen and oxygen atoms in total. The Morgan fingerprint density at radius 3 is 2.52 bits per heavy atom. The third-order valence-electron chi connectivity index (χ3n) is 3.81. The highest BCUT2D eigenvalue weighted by Gasteiger charge is 2.19. The predicted octanol–water partition coefficient (Wildman–Crippen LogP) is 3.49. The lowest BCUT2D eigenvalue weighted by Crippen LogP contribution is -2.33. The van der Waals surface area contributed by atoms with Crippen LogP contribution < -0.4 is 10.2 Å². The number of amides is 3. The van der Waals surface area contributed by atoms with Crippen molar-refractivity contribution in [2.24, 2.45) is 0 Å². The molecule has 1 atom stereocenters. The highest BCUT2D eigenvalue weighted by molar-refractivity contribution is 5.93. The summed E-state index contributed by atoms with van der Waals surface area (Å²) in [5.74, 6) is 0.643. The number of urea groups is 1. The standard InChI is InChI=1S/C17H21N3O3/c1-12(16-9-6-10-23-16)19(3)17(22)18-14-7-5-8-15(11-14)20(4)13(2)21/h5-12H,1-4H3,(H,18,22). The van der Waals surface area contributed by atoms with E-state index < -0.39 is 0 Å². The molecule has 3 amide bonds.